The third-order valence-electron chi connectivity index (χ3n) is 4.08. The van der Waals surface area contributed by atoms with Crippen LogP contribution in [0.4, 0.5) is 5.69 Å². The van der Waals surface area contributed by atoms with Crippen LogP contribution in [0.5, 0.6) is 0 Å². The predicted octanol–water partition coefficient (Wildman–Crippen LogP) is 3.15. The number of hydrogen-bond donors (Lipinski definition) is 2. The zero-order chi connectivity index (χ0) is 19.8. The summed E-state index contributed by atoms with van der Waals surface area (Å²) in [4.78, 5) is 12.6. The second-order valence-corrected chi connectivity index (χ2v) is 8.46. The molecule has 27 heavy (non-hydrogen) atoms. The molecule has 0 bridgehead atoms. The molecule has 2 aromatic carbocycles. The molecule has 9 heteroatoms. The highest BCUT2D eigenvalue weighted by Crippen LogP contribution is 2.21. The number of carbonyl (C=O) groups excluding carboxylic acids is 1. The van der Waals surface area contributed by atoms with E-state index in [1.165, 1.54) is 12.3 Å². The highest BCUT2D eigenvalue weighted by molar-refractivity contribution is 9.10. The summed E-state index contributed by atoms with van der Waals surface area (Å²) < 4.78 is 25.9. The Hall–Kier alpha value is -2.49. The molecule has 1 aromatic heterocycles. The van der Waals surface area contributed by atoms with Gasteiger partial charge >= 0.3 is 0 Å². The van der Waals surface area contributed by atoms with Gasteiger partial charge in [0.05, 0.1) is 28.0 Å². The predicted molar refractivity (Wildman–Crippen MR) is 107 cm³/mol. The van der Waals surface area contributed by atoms with Gasteiger partial charge in [0.15, 0.2) is 0 Å². The number of sulfonamides is 1. The number of rotatable bonds is 4. The van der Waals surface area contributed by atoms with Crippen molar-refractivity contribution >= 4 is 37.5 Å². The Morgan fingerprint density at radius 3 is 2.44 bits per heavy atom. The maximum absolute atomic E-state index is 12.6. The fourth-order valence-corrected chi connectivity index (χ4v) is 3.73. The third kappa shape index (κ3) is 4.10. The lowest BCUT2D eigenvalue weighted by Gasteiger charge is -2.09. The van der Waals surface area contributed by atoms with Crippen LogP contribution in [-0.2, 0) is 10.0 Å². The van der Waals surface area contributed by atoms with Crippen molar-refractivity contribution < 1.29 is 13.2 Å². The molecule has 3 N–H and O–H groups in total. The summed E-state index contributed by atoms with van der Waals surface area (Å²) in [6, 6.07) is 12.1. The van der Waals surface area contributed by atoms with Crippen molar-refractivity contribution in [2.75, 3.05) is 5.32 Å². The van der Waals surface area contributed by atoms with E-state index in [1.54, 1.807) is 30.7 Å². The molecule has 0 unspecified atom stereocenters. The van der Waals surface area contributed by atoms with Crippen LogP contribution in [0.15, 0.2) is 58.0 Å². The van der Waals surface area contributed by atoms with Gasteiger partial charge in [-0.25, -0.2) is 18.2 Å². The lowest BCUT2D eigenvalue weighted by molar-refractivity contribution is 0.102. The first-order valence-corrected chi connectivity index (χ1v) is 10.3. The Balaban J connectivity index is 1.89. The smallest absolute Gasteiger partial charge is 0.259 e. The van der Waals surface area contributed by atoms with Crippen molar-refractivity contribution in [3.8, 4) is 5.69 Å². The summed E-state index contributed by atoms with van der Waals surface area (Å²) in [6.07, 6.45) is 1.47. The minimum atomic E-state index is -3.87. The normalized spacial score (nSPS) is 11.4. The van der Waals surface area contributed by atoms with E-state index in [0.717, 1.165) is 10.2 Å². The zero-order valence-electron chi connectivity index (χ0n) is 14.6. The van der Waals surface area contributed by atoms with Gasteiger partial charge < -0.3 is 5.32 Å². The minimum Gasteiger partial charge on any atom is -0.322 e. The van der Waals surface area contributed by atoms with Gasteiger partial charge in [-0.1, -0.05) is 22.0 Å². The van der Waals surface area contributed by atoms with Crippen molar-refractivity contribution in [1.82, 2.24) is 9.78 Å². The van der Waals surface area contributed by atoms with Crippen LogP contribution in [0.25, 0.3) is 5.69 Å². The molecule has 0 aliphatic rings. The number of halogens is 1. The summed E-state index contributed by atoms with van der Waals surface area (Å²) in [6.45, 7) is 3.42. The van der Waals surface area contributed by atoms with Crippen molar-refractivity contribution in [3.63, 3.8) is 0 Å². The van der Waals surface area contributed by atoms with E-state index in [4.69, 9.17) is 5.14 Å². The largest absolute Gasteiger partial charge is 0.322 e. The fraction of sp³-hybridized carbons (Fsp3) is 0.111. The van der Waals surface area contributed by atoms with Crippen molar-refractivity contribution in [2.45, 2.75) is 18.7 Å². The Bertz CT molecular complexity index is 1120. The van der Waals surface area contributed by atoms with Gasteiger partial charge in [0.2, 0.25) is 10.0 Å². The minimum absolute atomic E-state index is 0.0254. The second-order valence-electron chi connectivity index (χ2n) is 6.01. The van der Waals surface area contributed by atoms with E-state index in [9.17, 15) is 13.2 Å². The summed E-state index contributed by atoms with van der Waals surface area (Å²) in [7, 11) is -3.87. The van der Waals surface area contributed by atoms with Crippen molar-refractivity contribution in [3.05, 3.63) is 70.0 Å². The summed E-state index contributed by atoms with van der Waals surface area (Å²) in [5.74, 6) is -0.389. The highest BCUT2D eigenvalue weighted by Gasteiger charge is 2.17. The maximum Gasteiger partial charge on any atom is 0.259 e. The molecule has 0 aliphatic carbocycles. The number of carbonyl (C=O) groups is 1. The molecular formula is C18H17BrN4O3S. The monoisotopic (exact) mass is 448 g/mol. The molecular weight excluding hydrogens is 432 g/mol. The fourth-order valence-electron chi connectivity index (χ4n) is 2.66. The van der Waals surface area contributed by atoms with Crippen LogP contribution in [0.2, 0.25) is 0 Å². The number of amides is 1. The first kappa shape index (κ1) is 19.3. The van der Waals surface area contributed by atoms with Crippen LogP contribution < -0.4 is 10.5 Å². The molecule has 0 fully saturated rings. The molecule has 3 aromatic rings. The van der Waals surface area contributed by atoms with E-state index in [-0.39, 0.29) is 10.8 Å². The average Bonchev–Trinajstić information content (AvgIpc) is 2.98. The number of aromatic nitrogens is 2. The molecule has 0 atom stereocenters. The first-order valence-electron chi connectivity index (χ1n) is 7.92. The van der Waals surface area contributed by atoms with Crippen LogP contribution in [0.3, 0.4) is 0 Å². The molecule has 0 saturated carbocycles. The van der Waals surface area contributed by atoms with E-state index in [1.807, 2.05) is 24.3 Å². The molecule has 7 nitrogen and oxygen atoms in total. The summed E-state index contributed by atoms with van der Waals surface area (Å²) in [5, 5.41) is 12.2. The number of hydrogen-bond acceptors (Lipinski definition) is 4. The number of nitrogens with two attached hydrogens (primary N) is 1. The Labute approximate surface area is 165 Å². The van der Waals surface area contributed by atoms with E-state index < -0.39 is 10.0 Å². The maximum atomic E-state index is 12.6. The molecule has 0 aliphatic heterocycles. The van der Waals surface area contributed by atoms with E-state index in [2.05, 4.69) is 26.3 Å². The number of nitrogens with zero attached hydrogens (tertiary/aromatic N) is 2. The topological polar surface area (TPSA) is 107 Å². The number of nitrogens with one attached hydrogen (secondary N) is 1. The molecule has 1 amide bonds. The van der Waals surface area contributed by atoms with Gasteiger partial charge in [0.25, 0.3) is 5.91 Å². The lowest BCUT2D eigenvalue weighted by atomic mass is 10.2. The number of primary sulfonamides is 1. The van der Waals surface area contributed by atoms with E-state index >= 15 is 0 Å². The third-order valence-corrected chi connectivity index (χ3v) is 5.66. The van der Waals surface area contributed by atoms with Crippen LogP contribution in [0.1, 0.15) is 21.6 Å². The van der Waals surface area contributed by atoms with Gasteiger partial charge in [-0.3, -0.25) is 4.79 Å². The van der Waals surface area contributed by atoms with Gasteiger partial charge in [0.1, 0.15) is 0 Å². The van der Waals surface area contributed by atoms with Gasteiger partial charge in [-0.05, 0) is 55.8 Å². The number of aryl methyl sites for hydroxylation is 1. The zero-order valence-corrected chi connectivity index (χ0v) is 17.0. The lowest BCUT2D eigenvalue weighted by Crippen LogP contribution is -2.16. The number of anilines is 1. The van der Waals surface area contributed by atoms with E-state index in [0.29, 0.717) is 22.5 Å². The van der Waals surface area contributed by atoms with Crippen LogP contribution >= 0.6 is 15.9 Å². The van der Waals surface area contributed by atoms with Crippen LogP contribution in [-0.4, -0.2) is 24.1 Å². The standard InChI is InChI=1S/C18H17BrN4O3S/c1-11-3-6-14(9-17(11)27(20,25)26)22-18(24)16-10-21-23(12(16)2)15-7-4-13(19)5-8-15/h3-10H,1-2H3,(H,22,24)(H2,20,25,26). The molecule has 0 radical (unpaired) electrons. The Morgan fingerprint density at radius 1 is 1.15 bits per heavy atom. The molecule has 0 saturated heterocycles. The molecule has 140 valence electrons. The molecule has 1 heterocycles. The summed E-state index contributed by atoms with van der Waals surface area (Å²) in [5.41, 5.74) is 2.71. The van der Waals surface area contributed by atoms with Gasteiger partial charge in [0, 0.05) is 10.2 Å². The number of benzene rings is 2. The second kappa shape index (κ2) is 7.26. The quantitative estimate of drug-likeness (QED) is 0.638. The van der Waals surface area contributed by atoms with Crippen molar-refractivity contribution in [1.29, 1.82) is 0 Å². The Morgan fingerprint density at radius 2 is 1.81 bits per heavy atom. The SMILES string of the molecule is Cc1ccc(NC(=O)c2cnn(-c3ccc(Br)cc3)c2C)cc1S(N)(=O)=O. The summed E-state index contributed by atoms with van der Waals surface area (Å²) >= 11 is 3.38. The molecule has 3 rings (SSSR count). The molecule has 0 spiro atoms. The van der Waals surface area contributed by atoms with Gasteiger partial charge in [-0.15, -0.1) is 0 Å². The average molecular weight is 449 g/mol. The van der Waals surface area contributed by atoms with Gasteiger partial charge in [-0.2, -0.15) is 5.10 Å². The Kier molecular flexibility index (Phi) is 5.18. The van der Waals surface area contributed by atoms with Crippen LogP contribution in [0, 0.1) is 13.8 Å². The first-order chi connectivity index (χ1) is 12.7. The highest BCUT2D eigenvalue weighted by atomic mass is 79.9. The van der Waals surface area contributed by atoms with Crippen molar-refractivity contribution in [2.24, 2.45) is 5.14 Å².